The van der Waals surface area contributed by atoms with Gasteiger partial charge in [-0.05, 0) is 50.8 Å². The Hall–Kier alpha value is -1.06. The van der Waals surface area contributed by atoms with Crippen molar-refractivity contribution in [3.63, 3.8) is 0 Å². The number of ketones is 1. The van der Waals surface area contributed by atoms with Crippen molar-refractivity contribution in [2.24, 2.45) is 0 Å². The monoisotopic (exact) mass is 281 g/mol. The molecule has 0 aromatic heterocycles. The summed E-state index contributed by atoms with van der Waals surface area (Å²) in [7, 11) is 0. The highest BCUT2D eigenvalue weighted by atomic mass is 35.5. The molecule has 0 amide bonds. The summed E-state index contributed by atoms with van der Waals surface area (Å²) in [5.41, 5.74) is 1.62. The maximum Gasteiger partial charge on any atom is 0.161 e. The number of halogens is 1. The molecule has 1 aromatic carbocycles. The van der Waals surface area contributed by atoms with Gasteiger partial charge in [-0.25, -0.2) is 0 Å². The molecule has 1 aromatic rings. The molecule has 0 bridgehead atoms. The molecule has 0 saturated heterocycles. The summed E-state index contributed by atoms with van der Waals surface area (Å²) >= 11 is 6.17. The van der Waals surface area contributed by atoms with Gasteiger partial charge in [-0.2, -0.15) is 0 Å². The normalized spacial score (nSPS) is 15.1. The Labute approximate surface area is 119 Å². The minimum atomic E-state index is -0.0119. The lowest BCUT2D eigenvalue weighted by Gasteiger charge is -2.39. The van der Waals surface area contributed by atoms with Crippen molar-refractivity contribution in [3.05, 3.63) is 28.8 Å². The SMILES string of the molecule is CC(=O)c1ccc(N(CCCO)C2CCC2)cc1Cl. The molecular formula is C15H20ClNO2. The molecule has 0 heterocycles. The molecule has 1 saturated carbocycles. The molecule has 104 valence electrons. The van der Waals surface area contributed by atoms with Gasteiger partial charge in [0, 0.05) is 30.4 Å². The number of nitrogens with zero attached hydrogens (tertiary/aromatic N) is 1. The Balaban J connectivity index is 2.20. The smallest absolute Gasteiger partial charge is 0.161 e. The number of rotatable bonds is 6. The number of Topliss-reactive ketones (excluding diaryl/α,β-unsaturated/α-hetero) is 1. The van der Waals surface area contributed by atoms with Crippen molar-refractivity contribution in [1.29, 1.82) is 0 Å². The van der Waals surface area contributed by atoms with Crippen molar-refractivity contribution in [1.82, 2.24) is 0 Å². The summed E-state index contributed by atoms with van der Waals surface area (Å²) in [6, 6.07) is 6.17. The second-order valence-corrected chi connectivity index (χ2v) is 5.48. The lowest BCUT2D eigenvalue weighted by atomic mass is 9.90. The van der Waals surface area contributed by atoms with Crippen LogP contribution in [-0.2, 0) is 0 Å². The zero-order valence-electron chi connectivity index (χ0n) is 11.2. The second kappa shape index (κ2) is 6.40. The number of aliphatic hydroxyl groups is 1. The van der Waals surface area contributed by atoms with Crippen molar-refractivity contribution in [2.75, 3.05) is 18.1 Å². The van der Waals surface area contributed by atoms with E-state index in [2.05, 4.69) is 4.90 Å². The molecule has 1 fully saturated rings. The van der Waals surface area contributed by atoms with Crippen LogP contribution in [0.1, 0.15) is 43.0 Å². The first kappa shape index (κ1) is 14.4. The van der Waals surface area contributed by atoms with Gasteiger partial charge in [0.1, 0.15) is 0 Å². The van der Waals surface area contributed by atoms with Crippen molar-refractivity contribution in [2.45, 2.75) is 38.6 Å². The fraction of sp³-hybridized carbons (Fsp3) is 0.533. The molecule has 0 unspecified atom stereocenters. The molecule has 2 rings (SSSR count). The van der Waals surface area contributed by atoms with E-state index in [-0.39, 0.29) is 12.4 Å². The summed E-state index contributed by atoms with van der Waals surface area (Å²) in [6.45, 7) is 2.55. The average Bonchev–Trinajstić information content (AvgIpc) is 2.31. The molecule has 1 N–H and O–H groups in total. The highest BCUT2D eigenvalue weighted by Gasteiger charge is 2.25. The fourth-order valence-electron chi connectivity index (χ4n) is 2.43. The van der Waals surface area contributed by atoms with Gasteiger partial charge in [0.25, 0.3) is 0 Å². The molecule has 1 aliphatic carbocycles. The van der Waals surface area contributed by atoms with Gasteiger partial charge in [0.15, 0.2) is 5.78 Å². The van der Waals surface area contributed by atoms with E-state index in [1.54, 1.807) is 6.07 Å². The summed E-state index contributed by atoms with van der Waals surface area (Å²) in [4.78, 5) is 13.7. The zero-order chi connectivity index (χ0) is 13.8. The highest BCUT2D eigenvalue weighted by Crippen LogP contribution is 2.32. The van der Waals surface area contributed by atoms with E-state index in [9.17, 15) is 4.79 Å². The van der Waals surface area contributed by atoms with Crippen LogP contribution in [0.25, 0.3) is 0 Å². The standard InChI is InChI=1S/C15H20ClNO2/c1-11(19)14-7-6-13(10-15(14)16)17(8-3-9-18)12-4-2-5-12/h6-7,10,12,18H,2-5,8-9H2,1H3. The van der Waals surface area contributed by atoms with E-state index in [1.165, 1.54) is 26.2 Å². The van der Waals surface area contributed by atoms with Gasteiger partial charge >= 0.3 is 0 Å². The number of aliphatic hydroxyl groups excluding tert-OH is 1. The molecular weight excluding hydrogens is 262 g/mol. The minimum Gasteiger partial charge on any atom is -0.396 e. The Bertz CT molecular complexity index is 457. The van der Waals surface area contributed by atoms with Crippen LogP contribution in [0.3, 0.4) is 0 Å². The largest absolute Gasteiger partial charge is 0.396 e. The average molecular weight is 282 g/mol. The fourth-order valence-corrected chi connectivity index (χ4v) is 2.74. The van der Waals surface area contributed by atoms with Crippen LogP contribution in [0.15, 0.2) is 18.2 Å². The number of hydrogen-bond donors (Lipinski definition) is 1. The highest BCUT2D eigenvalue weighted by molar-refractivity contribution is 6.34. The Morgan fingerprint density at radius 3 is 2.68 bits per heavy atom. The number of carbonyl (C=O) groups excluding carboxylic acids is 1. The van der Waals surface area contributed by atoms with Crippen molar-refractivity contribution in [3.8, 4) is 0 Å². The maximum absolute atomic E-state index is 11.4. The first-order valence-electron chi connectivity index (χ1n) is 6.81. The number of benzene rings is 1. The number of anilines is 1. The molecule has 0 aliphatic heterocycles. The Kier molecular flexibility index (Phi) is 4.83. The first-order valence-corrected chi connectivity index (χ1v) is 7.19. The molecule has 4 heteroatoms. The minimum absolute atomic E-state index is 0.0119. The van der Waals surface area contributed by atoms with Gasteiger partial charge in [0.2, 0.25) is 0 Å². The van der Waals surface area contributed by atoms with Crippen LogP contribution in [0.2, 0.25) is 5.02 Å². The topological polar surface area (TPSA) is 40.5 Å². The van der Waals surface area contributed by atoms with E-state index in [0.717, 1.165) is 18.7 Å². The predicted octanol–water partition coefficient (Wildman–Crippen LogP) is 3.28. The molecule has 19 heavy (non-hydrogen) atoms. The molecule has 1 aliphatic rings. The number of carbonyl (C=O) groups is 1. The van der Waals surface area contributed by atoms with E-state index in [0.29, 0.717) is 16.6 Å². The summed E-state index contributed by atoms with van der Waals surface area (Å²) < 4.78 is 0. The van der Waals surface area contributed by atoms with Gasteiger partial charge in [0.05, 0.1) is 5.02 Å². The van der Waals surface area contributed by atoms with Crippen LogP contribution in [0, 0.1) is 0 Å². The third-order valence-electron chi connectivity index (χ3n) is 3.74. The third-order valence-corrected chi connectivity index (χ3v) is 4.05. The maximum atomic E-state index is 11.4. The third kappa shape index (κ3) is 3.28. The van der Waals surface area contributed by atoms with E-state index < -0.39 is 0 Å². The van der Waals surface area contributed by atoms with Crippen LogP contribution < -0.4 is 4.90 Å². The van der Waals surface area contributed by atoms with E-state index >= 15 is 0 Å². The predicted molar refractivity (Wildman–Crippen MR) is 78.1 cm³/mol. The lowest BCUT2D eigenvalue weighted by molar-refractivity contribution is 0.101. The van der Waals surface area contributed by atoms with Crippen LogP contribution in [0.5, 0.6) is 0 Å². The van der Waals surface area contributed by atoms with Crippen molar-refractivity contribution >= 4 is 23.1 Å². The van der Waals surface area contributed by atoms with Gasteiger partial charge in [-0.15, -0.1) is 0 Å². The molecule has 3 nitrogen and oxygen atoms in total. The van der Waals surface area contributed by atoms with E-state index in [1.807, 2.05) is 12.1 Å². The van der Waals surface area contributed by atoms with Gasteiger partial charge < -0.3 is 10.0 Å². The summed E-state index contributed by atoms with van der Waals surface area (Å²) in [5, 5.41) is 9.52. The van der Waals surface area contributed by atoms with Gasteiger partial charge in [-0.3, -0.25) is 4.79 Å². The lowest BCUT2D eigenvalue weighted by Crippen LogP contribution is -2.41. The zero-order valence-corrected chi connectivity index (χ0v) is 12.0. The first-order chi connectivity index (χ1) is 9.13. The quantitative estimate of drug-likeness (QED) is 0.814. The Morgan fingerprint density at radius 2 is 2.21 bits per heavy atom. The number of hydrogen-bond acceptors (Lipinski definition) is 3. The van der Waals surface area contributed by atoms with E-state index in [4.69, 9.17) is 16.7 Å². The summed E-state index contributed by atoms with van der Waals surface area (Å²) in [6.07, 6.45) is 4.40. The molecule has 0 spiro atoms. The van der Waals surface area contributed by atoms with Crippen LogP contribution in [0.4, 0.5) is 5.69 Å². The van der Waals surface area contributed by atoms with Crippen LogP contribution in [-0.4, -0.2) is 30.1 Å². The van der Waals surface area contributed by atoms with Gasteiger partial charge in [-0.1, -0.05) is 11.6 Å². The second-order valence-electron chi connectivity index (χ2n) is 5.08. The molecule has 0 atom stereocenters. The molecule has 0 radical (unpaired) electrons. The Morgan fingerprint density at radius 1 is 1.47 bits per heavy atom. The van der Waals surface area contributed by atoms with Crippen LogP contribution >= 0.6 is 11.6 Å². The summed E-state index contributed by atoms with van der Waals surface area (Å²) in [5.74, 6) is -0.0119. The van der Waals surface area contributed by atoms with Crippen molar-refractivity contribution < 1.29 is 9.90 Å².